The fourth-order valence-corrected chi connectivity index (χ4v) is 4.78. The van der Waals surface area contributed by atoms with E-state index in [-0.39, 0.29) is 33.8 Å². The average molecular weight is 595 g/mol. The summed E-state index contributed by atoms with van der Waals surface area (Å²) in [6, 6.07) is 7.05. The van der Waals surface area contributed by atoms with Crippen molar-refractivity contribution in [1.82, 2.24) is 0 Å². The minimum Gasteiger partial charge on any atom is -0.508 e. The summed E-state index contributed by atoms with van der Waals surface area (Å²) in [4.78, 5) is 12.5. The van der Waals surface area contributed by atoms with Crippen LogP contribution in [0.5, 0.6) is 23.0 Å². The molecule has 2 aliphatic heterocycles. The van der Waals surface area contributed by atoms with Crippen molar-refractivity contribution < 1.29 is 69.3 Å². The van der Waals surface area contributed by atoms with Crippen molar-refractivity contribution in [3.63, 3.8) is 0 Å². The molecule has 2 aromatic carbocycles. The summed E-state index contributed by atoms with van der Waals surface area (Å²) < 4.78 is 27.5. The number of phenolic OH excluding ortho intramolecular Hbond substituents is 3. The van der Waals surface area contributed by atoms with E-state index in [0.717, 1.165) is 18.2 Å². The maximum absolute atomic E-state index is 12.5. The molecule has 0 saturated carbocycles. The zero-order valence-electron chi connectivity index (χ0n) is 21.9. The van der Waals surface area contributed by atoms with Crippen LogP contribution in [-0.4, -0.2) is 114 Å². The summed E-state index contributed by atoms with van der Waals surface area (Å²) in [7, 11) is 0. The van der Waals surface area contributed by atoms with E-state index in [0.29, 0.717) is 0 Å². The first-order valence-electron chi connectivity index (χ1n) is 12.9. The van der Waals surface area contributed by atoms with Crippen LogP contribution in [-0.2, 0) is 14.2 Å². The first kappa shape index (κ1) is 30.0. The van der Waals surface area contributed by atoms with E-state index in [4.69, 9.17) is 23.4 Å². The average Bonchev–Trinajstić information content (AvgIpc) is 2.94. The van der Waals surface area contributed by atoms with E-state index < -0.39 is 84.9 Å². The molecule has 1 aromatic heterocycles. The third-order valence-electron chi connectivity index (χ3n) is 7.18. The van der Waals surface area contributed by atoms with Gasteiger partial charge in [-0.25, -0.2) is 0 Å². The molecule has 0 radical (unpaired) electrons. The molecule has 15 nitrogen and oxygen atoms in total. The molecule has 15 heteroatoms. The summed E-state index contributed by atoms with van der Waals surface area (Å²) in [5, 5.41) is 91.3. The molecule has 0 spiro atoms. The van der Waals surface area contributed by atoms with E-state index in [1.54, 1.807) is 0 Å². The van der Waals surface area contributed by atoms with Gasteiger partial charge in [0.15, 0.2) is 23.2 Å². The first-order valence-corrected chi connectivity index (χ1v) is 12.9. The van der Waals surface area contributed by atoms with Gasteiger partial charge >= 0.3 is 0 Å². The number of phenols is 3. The summed E-state index contributed by atoms with van der Waals surface area (Å²) in [6.07, 6.45) is -15.0. The summed E-state index contributed by atoms with van der Waals surface area (Å²) in [6.45, 7) is 0.951. The van der Waals surface area contributed by atoms with E-state index in [9.17, 15) is 50.8 Å². The highest BCUT2D eigenvalue weighted by Gasteiger charge is 2.47. The van der Waals surface area contributed by atoms with Gasteiger partial charge in [0.25, 0.3) is 0 Å². The van der Waals surface area contributed by atoms with Gasteiger partial charge in [-0.3, -0.25) is 4.79 Å². The molecule has 10 atom stereocenters. The van der Waals surface area contributed by atoms with Gasteiger partial charge in [0, 0.05) is 23.8 Å². The van der Waals surface area contributed by atoms with Crippen molar-refractivity contribution >= 4 is 11.0 Å². The largest absolute Gasteiger partial charge is 0.508 e. The Hall–Kier alpha value is -3.51. The molecule has 0 amide bonds. The monoisotopic (exact) mass is 594 g/mol. The molecule has 2 fully saturated rings. The molecule has 5 rings (SSSR count). The van der Waals surface area contributed by atoms with Gasteiger partial charge in [0.2, 0.25) is 6.29 Å². The number of aromatic hydroxyl groups is 3. The standard InChI is InChI=1S/C27H30O15/c1-9-20(32)22(34)24(36)26(39-9)38-8-18-21(33)23(35)25(37)27(42-18)41-15-3-2-10(4-12(15)29)16-7-14(31)19-13(30)5-11(28)6-17(19)40-16/h2-7,9,18,20-30,32-37H,8H2,1H3. The predicted octanol–water partition coefficient (Wildman–Crippen LogP) is -1.39. The molecule has 228 valence electrons. The number of fused-ring (bicyclic) bond motifs is 1. The van der Waals surface area contributed by atoms with Crippen LogP contribution in [0.2, 0.25) is 0 Å². The Morgan fingerprint density at radius 1 is 0.762 bits per heavy atom. The Balaban J connectivity index is 1.31. The molecular formula is C27H30O15. The lowest BCUT2D eigenvalue weighted by Crippen LogP contribution is -2.61. The van der Waals surface area contributed by atoms with Crippen LogP contribution in [0.1, 0.15) is 6.92 Å². The number of aliphatic hydroxyl groups excluding tert-OH is 6. The van der Waals surface area contributed by atoms with Gasteiger partial charge in [0.05, 0.1) is 12.7 Å². The second-order valence-corrected chi connectivity index (χ2v) is 10.1. The zero-order chi connectivity index (χ0) is 30.5. The summed E-state index contributed by atoms with van der Waals surface area (Å²) in [5.74, 6) is -1.52. The highest BCUT2D eigenvalue weighted by molar-refractivity contribution is 5.86. The maximum Gasteiger partial charge on any atom is 0.229 e. The topological polar surface area (TPSA) is 249 Å². The van der Waals surface area contributed by atoms with Crippen LogP contribution in [0.3, 0.4) is 0 Å². The molecule has 10 unspecified atom stereocenters. The fraction of sp³-hybridized carbons (Fsp3) is 0.444. The first-order chi connectivity index (χ1) is 19.8. The highest BCUT2D eigenvalue weighted by Crippen LogP contribution is 2.36. The molecule has 3 aromatic rings. The number of aliphatic hydroxyl groups is 6. The minimum atomic E-state index is -1.78. The quantitative estimate of drug-likeness (QED) is 0.159. The molecule has 9 N–H and O–H groups in total. The van der Waals surface area contributed by atoms with E-state index in [2.05, 4.69) is 0 Å². The zero-order valence-corrected chi connectivity index (χ0v) is 21.9. The van der Waals surface area contributed by atoms with Crippen molar-refractivity contribution in [2.24, 2.45) is 0 Å². The maximum atomic E-state index is 12.5. The van der Waals surface area contributed by atoms with Gasteiger partial charge in [-0.1, -0.05) is 0 Å². The van der Waals surface area contributed by atoms with Crippen LogP contribution >= 0.6 is 0 Å². The van der Waals surface area contributed by atoms with Crippen molar-refractivity contribution in [3.8, 4) is 34.3 Å². The molecule has 2 saturated heterocycles. The number of rotatable bonds is 6. The lowest BCUT2D eigenvalue weighted by molar-refractivity contribution is -0.318. The third-order valence-corrected chi connectivity index (χ3v) is 7.18. The second-order valence-electron chi connectivity index (χ2n) is 10.1. The molecular weight excluding hydrogens is 564 g/mol. The van der Waals surface area contributed by atoms with Crippen LogP contribution in [0.15, 0.2) is 45.6 Å². The Labute approximate surface area is 236 Å². The van der Waals surface area contributed by atoms with Gasteiger partial charge in [-0.2, -0.15) is 0 Å². The van der Waals surface area contributed by atoms with Crippen molar-refractivity contribution in [2.75, 3.05) is 6.61 Å². The predicted molar refractivity (Wildman–Crippen MR) is 139 cm³/mol. The van der Waals surface area contributed by atoms with E-state index in [1.807, 2.05) is 0 Å². The lowest BCUT2D eigenvalue weighted by Gasteiger charge is -2.42. The minimum absolute atomic E-state index is 0.0110. The van der Waals surface area contributed by atoms with Crippen LogP contribution in [0.25, 0.3) is 22.3 Å². The van der Waals surface area contributed by atoms with Crippen molar-refractivity contribution in [2.45, 2.75) is 68.3 Å². The summed E-state index contributed by atoms with van der Waals surface area (Å²) >= 11 is 0. The molecule has 0 bridgehead atoms. The highest BCUT2D eigenvalue weighted by atomic mass is 16.7. The van der Waals surface area contributed by atoms with Gasteiger partial charge < -0.3 is 69.3 Å². The number of ether oxygens (including phenoxy) is 4. The Kier molecular flexibility index (Phi) is 8.30. The molecule has 42 heavy (non-hydrogen) atoms. The Bertz CT molecular complexity index is 1490. The Morgan fingerprint density at radius 3 is 2.17 bits per heavy atom. The molecule has 2 aliphatic rings. The van der Waals surface area contributed by atoms with Gasteiger partial charge in [-0.15, -0.1) is 0 Å². The lowest BCUT2D eigenvalue weighted by atomic mass is 9.98. The van der Waals surface area contributed by atoms with Crippen molar-refractivity contribution in [1.29, 1.82) is 0 Å². The smallest absolute Gasteiger partial charge is 0.229 e. The van der Waals surface area contributed by atoms with Crippen LogP contribution in [0, 0.1) is 0 Å². The van der Waals surface area contributed by atoms with E-state index in [1.165, 1.54) is 25.1 Å². The van der Waals surface area contributed by atoms with Crippen LogP contribution in [0.4, 0.5) is 0 Å². The van der Waals surface area contributed by atoms with Gasteiger partial charge in [-0.05, 0) is 25.1 Å². The van der Waals surface area contributed by atoms with E-state index >= 15 is 0 Å². The number of benzene rings is 2. The van der Waals surface area contributed by atoms with Crippen LogP contribution < -0.4 is 10.2 Å². The fourth-order valence-electron chi connectivity index (χ4n) is 4.78. The third kappa shape index (κ3) is 5.61. The normalized spacial score (nSPS) is 33.5. The van der Waals surface area contributed by atoms with Crippen molar-refractivity contribution in [3.05, 3.63) is 46.6 Å². The molecule has 3 heterocycles. The Morgan fingerprint density at radius 2 is 1.45 bits per heavy atom. The second kappa shape index (κ2) is 11.6. The molecule has 0 aliphatic carbocycles. The number of hydrogen-bond donors (Lipinski definition) is 9. The SMILES string of the molecule is CC1OC(OCC2OC(Oc3ccc(-c4cc(=O)c5c(O)cc(O)cc5o4)cc3O)C(O)C(O)C2O)C(O)C(O)C1O. The summed E-state index contributed by atoms with van der Waals surface area (Å²) in [5.41, 5.74) is -0.490. The van der Waals surface area contributed by atoms with Gasteiger partial charge in [0.1, 0.15) is 71.0 Å². The number of hydrogen-bond acceptors (Lipinski definition) is 15.